The fourth-order valence-electron chi connectivity index (χ4n) is 0.189. The molecule has 0 aliphatic rings. The van der Waals surface area contributed by atoms with Gasteiger partial charge in [0.15, 0.2) is 0 Å². The molecule has 0 heterocycles. The second-order valence-corrected chi connectivity index (χ2v) is 3.01. The molecule has 0 saturated heterocycles. The van der Waals surface area contributed by atoms with Crippen LogP contribution in [0.15, 0.2) is 0 Å². The van der Waals surface area contributed by atoms with Gasteiger partial charge >= 0.3 is 60.5 Å². The zero-order valence-electron chi connectivity index (χ0n) is 4.93. The summed E-state index contributed by atoms with van der Waals surface area (Å²) in [4.78, 5) is 1.95. The molecule has 0 fully saturated rings. The summed E-state index contributed by atoms with van der Waals surface area (Å²) in [6.45, 7) is 0. The summed E-state index contributed by atoms with van der Waals surface area (Å²) in [5.41, 5.74) is 0. The molecule has 0 N–H and O–H groups in total. The van der Waals surface area contributed by atoms with Crippen molar-refractivity contribution in [2.24, 2.45) is 0 Å². The van der Waals surface area contributed by atoms with E-state index < -0.39 is 7.82 Å². The van der Waals surface area contributed by atoms with Gasteiger partial charge in [-0.2, -0.15) is 0 Å². The molecule has 0 aliphatic carbocycles. The SMILES string of the molecule is COP(=O)(OC)O[C]#[Fe]. The van der Waals surface area contributed by atoms with E-state index in [4.69, 9.17) is 0 Å². The Morgan fingerprint density at radius 3 is 2.00 bits per heavy atom. The Morgan fingerprint density at radius 1 is 1.44 bits per heavy atom. The Morgan fingerprint density at radius 2 is 1.89 bits per heavy atom. The summed E-state index contributed by atoms with van der Waals surface area (Å²) < 4.78 is 23.7. The second kappa shape index (κ2) is 4.26. The first-order chi connectivity index (χ1) is 4.18. The van der Waals surface area contributed by atoms with Crippen molar-refractivity contribution in [2.75, 3.05) is 14.2 Å². The van der Waals surface area contributed by atoms with Crippen LogP contribution in [0, 0.1) is 4.91 Å². The van der Waals surface area contributed by atoms with E-state index in [0.29, 0.717) is 0 Å². The third-order valence-electron chi connectivity index (χ3n) is 0.591. The number of hydrogen-bond acceptors (Lipinski definition) is 4. The third-order valence-corrected chi connectivity index (χ3v) is 2.08. The fraction of sp³-hybridized carbons (Fsp3) is 0.667. The number of phosphoric acid groups is 1. The van der Waals surface area contributed by atoms with Gasteiger partial charge in [-0.3, -0.25) is 0 Å². The minimum atomic E-state index is -3.35. The molecule has 0 aromatic carbocycles. The fourth-order valence-corrected chi connectivity index (χ4v) is 0.936. The van der Waals surface area contributed by atoms with Crippen LogP contribution in [0.4, 0.5) is 0 Å². The first-order valence-corrected chi connectivity index (χ1v) is 3.94. The molecule has 0 unspecified atom stereocenters. The molecule has 55 valence electrons. The van der Waals surface area contributed by atoms with E-state index in [1.807, 2.05) is 4.91 Å². The topological polar surface area (TPSA) is 44.8 Å². The van der Waals surface area contributed by atoms with Crippen LogP contribution < -0.4 is 0 Å². The van der Waals surface area contributed by atoms with Crippen LogP contribution in [-0.4, -0.2) is 14.2 Å². The molecular formula is C3H6FeO4P. The molecule has 0 rings (SSSR count). The van der Waals surface area contributed by atoms with Crippen molar-refractivity contribution >= 4 is 7.82 Å². The van der Waals surface area contributed by atoms with Crippen LogP contribution in [0.3, 0.4) is 0 Å². The third kappa shape index (κ3) is 3.19. The predicted octanol–water partition coefficient (Wildman–Crippen LogP) is 0.867. The van der Waals surface area contributed by atoms with Gasteiger partial charge < -0.3 is 0 Å². The van der Waals surface area contributed by atoms with Gasteiger partial charge in [-0.25, -0.2) is 0 Å². The molecule has 0 saturated carbocycles. The Balaban J connectivity index is 3.98. The molecule has 0 spiro atoms. The maximum atomic E-state index is 10.8. The van der Waals surface area contributed by atoms with Gasteiger partial charge in [0.1, 0.15) is 0 Å². The van der Waals surface area contributed by atoms with Crippen molar-refractivity contribution in [1.82, 2.24) is 0 Å². The van der Waals surface area contributed by atoms with E-state index in [1.54, 1.807) is 0 Å². The molecule has 9 heavy (non-hydrogen) atoms. The summed E-state index contributed by atoms with van der Waals surface area (Å²) in [6.07, 6.45) is 0. The minimum absolute atomic E-state index is 1.21. The zero-order valence-corrected chi connectivity index (χ0v) is 6.93. The van der Waals surface area contributed by atoms with Crippen LogP contribution in [0.1, 0.15) is 0 Å². The monoisotopic (exact) mass is 193 g/mol. The molecule has 0 aromatic heterocycles. The Hall–Kier alpha value is 0.409. The average Bonchev–Trinajstić information content (AvgIpc) is 1.89. The van der Waals surface area contributed by atoms with Gasteiger partial charge in [-0.05, 0) is 0 Å². The summed E-state index contributed by atoms with van der Waals surface area (Å²) in [7, 11) is -0.935. The van der Waals surface area contributed by atoms with Gasteiger partial charge in [-0.1, -0.05) is 0 Å². The van der Waals surface area contributed by atoms with Crippen LogP contribution in [0.5, 0.6) is 0 Å². The van der Waals surface area contributed by atoms with Crippen LogP contribution >= 0.6 is 7.82 Å². The van der Waals surface area contributed by atoms with E-state index >= 15 is 0 Å². The van der Waals surface area contributed by atoms with Gasteiger partial charge in [0, 0.05) is 0 Å². The molecular weight excluding hydrogens is 187 g/mol. The Bertz CT molecular complexity index is 154. The zero-order chi connectivity index (χ0) is 7.33. The van der Waals surface area contributed by atoms with E-state index in [0.717, 1.165) is 0 Å². The van der Waals surface area contributed by atoms with Crippen molar-refractivity contribution in [2.45, 2.75) is 0 Å². The Kier molecular flexibility index (Phi) is 4.45. The number of phosphoric ester groups is 1. The van der Waals surface area contributed by atoms with Crippen LogP contribution in [0.2, 0.25) is 0 Å². The molecule has 0 aromatic rings. The van der Waals surface area contributed by atoms with Crippen molar-refractivity contribution in [1.29, 1.82) is 0 Å². The molecule has 0 atom stereocenters. The number of rotatable bonds is 3. The molecule has 4 nitrogen and oxygen atoms in total. The van der Waals surface area contributed by atoms with Crippen molar-refractivity contribution in [3.63, 3.8) is 0 Å². The first kappa shape index (κ1) is 9.41. The van der Waals surface area contributed by atoms with Crippen molar-refractivity contribution in [3.8, 4) is 4.91 Å². The summed E-state index contributed by atoms with van der Waals surface area (Å²) in [6, 6.07) is 0. The van der Waals surface area contributed by atoms with Gasteiger partial charge in [0.25, 0.3) is 0 Å². The van der Waals surface area contributed by atoms with Gasteiger partial charge in [-0.15, -0.1) is 0 Å². The molecule has 0 aliphatic heterocycles. The average molecular weight is 193 g/mol. The van der Waals surface area contributed by atoms with Crippen molar-refractivity contribution in [3.05, 3.63) is 0 Å². The van der Waals surface area contributed by atoms with E-state index in [1.165, 1.54) is 14.2 Å². The summed E-state index contributed by atoms with van der Waals surface area (Å²) in [5.74, 6) is 0. The van der Waals surface area contributed by atoms with Gasteiger partial charge in [0.05, 0.1) is 0 Å². The van der Waals surface area contributed by atoms with Crippen LogP contribution in [0.25, 0.3) is 0 Å². The summed E-state index contributed by atoms with van der Waals surface area (Å²) in [5, 5.41) is 0. The first-order valence-electron chi connectivity index (χ1n) is 1.93. The molecule has 0 amide bonds. The number of hydrogen-bond donors (Lipinski definition) is 0. The predicted molar refractivity (Wildman–Crippen MR) is 26.6 cm³/mol. The molecule has 0 radical (unpaired) electrons. The quantitative estimate of drug-likeness (QED) is 0.492. The Labute approximate surface area is 61.1 Å². The maximum absolute atomic E-state index is 10.8. The normalized spacial score (nSPS) is 10.9. The molecule has 6 heteroatoms. The second-order valence-electron chi connectivity index (χ2n) is 0.976. The van der Waals surface area contributed by atoms with E-state index in [2.05, 4.69) is 29.0 Å². The van der Waals surface area contributed by atoms with Crippen molar-refractivity contribution < 1.29 is 33.5 Å². The summed E-state index contributed by atoms with van der Waals surface area (Å²) >= 11 is 3.06. The van der Waals surface area contributed by atoms with Gasteiger partial charge in [0.2, 0.25) is 0 Å². The van der Waals surface area contributed by atoms with E-state index in [9.17, 15) is 4.57 Å². The molecule has 0 bridgehead atoms. The van der Waals surface area contributed by atoms with Crippen LogP contribution in [-0.2, 0) is 33.5 Å². The van der Waals surface area contributed by atoms with E-state index in [-0.39, 0.29) is 0 Å². The standard InChI is InChI=1S/C3H6O4P.Fe/c1-5-8(4,6-2)7-3;/h1-2H3;.